The van der Waals surface area contributed by atoms with Gasteiger partial charge in [-0.1, -0.05) is 23.2 Å². The number of aromatic nitrogens is 1. The third-order valence-electron chi connectivity index (χ3n) is 4.97. The summed E-state index contributed by atoms with van der Waals surface area (Å²) in [4.78, 5) is 37.1. The molecule has 13 heteroatoms. The molecular weight excluding hydrogens is 535 g/mol. The monoisotopic (exact) mass is 550 g/mol. The second-order valence-electron chi connectivity index (χ2n) is 7.17. The van der Waals surface area contributed by atoms with Gasteiger partial charge >= 0.3 is 6.03 Å². The van der Waals surface area contributed by atoms with E-state index in [2.05, 4.69) is 10.6 Å². The number of aldehydes is 1. The van der Waals surface area contributed by atoms with Crippen molar-refractivity contribution in [3.8, 4) is 5.69 Å². The average Bonchev–Trinajstić information content (AvgIpc) is 3.26. The number of nitrogens with zero attached hydrogens (tertiary/aromatic N) is 1. The van der Waals surface area contributed by atoms with E-state index >= 15 is 0 Å². The number of sulfonamides is 1. The number of carbonyl (C=O) groups excluding carboxylic acids is 2. The number of urea groups is 1. The van der Waals surface area contributed by atoms with E-state index in [4.69, 9.17) is 23.2 Å². The van der Waals surface area contributed by atoms with Gasteiger partial charge in [0.05, 0.1) is 15.0 Å². The first-order valence-electron chi connectivity index (χ1n) is 9.84. The molecule has 9 nitrogen and oxygen atoms in total. The number of nitrogens with one attached hydrogen (secondary N) is 3. The third kappa shape index (κ3) is 5.03. The lowest BCUT2D eigenvalue weighted by atomic mass is 10.1. The van der Waals surface area contributed by atoms with Crippen molar-refractivity contribution in [1.29, 1.82) is 0 Å². The van der Waals surface area contributed by atoms with Crippen LogP contribution in [0.1, 0.15) is 10.4 Å². The van der Waals surface area contributed by atoms with Crippen LogP contribution >= 0.6 is 34.5 Å². The summed E-state index contributed by atoms with van der Waals surface area (Å²) in [5.74, 6) is 0. The van der Waals surface area contributed by atoms with Crippen LogP contribution in [0.3, 0.4) is 0 Å². The molecule has 0 aliphatic carbocycles. The number of rotatable bonds is 6. The van der Waals surface area contributed by atoms with Crippen molar-refractivity contribution in [2.75, 3.05) is 17.7 Å². The van der Waals surface area contributed by atoms with Crippen molar-refractivity contribution in [3.05, 3.63) is 80.0 Å². The number of hydrogen-bond acceptors (Lipinski definition) is 7. The Morgan fingerprint density at radius 1 is 1.03 bits per heavy atom. The van der Waals surface area contributed by atoms with Gasteiger partial charge in [-0.15, -0.1) is 11.3 Å². The van der Waals surface area contributed by atoms with Crippen molar-refractivity contribution < 1.29 is 18.0 Å². The molecule has 35 heavy (non-hydrogen) atoms. The van der Waals surface area contributed by atoms with Crippen molar-refractivity contribution in [2.24, 2.45) is 0 Å². The molecule has 0 aliphatic rings. The number of fused-ring (bicyclic) bond motifs is 1. The number of amides is 2. The zero-order valence-corrected chi connectivity index (χ0v) is 21.0. The average molecular weight is 551 g/mol. The maximum atomic E-state index is 13.1. The summed E-state index contributed by atoms with van der Waals surface area (Å²) < 4.78 is 27.8. The van der Waals surface area contributed by atoms with E-state index in [1.54, 1.807) is 25.2 Å². The zero-order valence-electron chi connectivity index (χ0n) is 17.8. The Bertz CT molecular complexity index is 1650. The Morgan fingerprint density at radius 3 is 2.40 bits per heavy atom. The predicted octanol–water partition coefficient (Wildman–Crippen LogP) is 4.72. The number of pyridine rings is 1. The molecule has 2 aromatic carbocycles. The lowest BCUT2D eigenvalue weighted by Crippen LogP contribution is -2.33. The normalized spacial score (nSPS) is 11.3. The van der Waals surface area contributed by atoms with E-state index in [1.165, 1.54) is 41.1 Å². The third-order valence-corrected chi connectivity index (χ3v) is 8.33. The topological polar surface area (TPSA) is 126 Å². The number of carbonyl (C=O) groups is 2. The van der Waals surface area contributed by atoms with E-state index in [1.807, 2.05) is 4.72 Å². The Balaban J connectivity index is 1.63. The van der Waals surface area contributed by atoms with Gasteiger partial charge in [0.1, 0.15) is 4.21 Å². The number of halogens is 2. The minimum Gasteiger partial charge on any atom is -0.388 e. The predicted molar refractivity (Wildman–Crippen MR) is 138 cm³/mol. The van der Waals surface area contributed by atoms with Gasteiger partial charge in [0, 0.05) is 41.0 Å². The Morgan fingerprint density at radius 2 is 1.77 bits per heavy atom. The van der Waals surface area contributed by atoms with Crippen molar-refractivity contribution >= 4 is 79.0 Å². The zero-order chi connectivity index (χ0) is 25.3. The minimum absolute atomic E-state index is 0.0841. The Kier molecular flexibility index (Phi) is 6.86. The standard InChI is InChI=1S/C22H16Cl2N4O5S2/c1-25-13-2-4-15-16(8-13)12(11-29)10-28(21(15)30)18-5-3-14(9-17(18)23)26-22(31)27-35(32,33)20-7-6-19(24)34-20/h2-11,25H,1H3,(H2,26,27,31). The molecule has 0 aliphatic heterocycles. The molecule has 0 saturated heterocycles. The van der Waals surface area contributed by atoms with Crippen molar-refractivity contribution in [3.63, 3.8) is 0 Å². The molecule has 0 unspecified atom stereocenters. The fourth-order valence-electron chi connectivity index (χ4n) is 3.35. The molecule has 2 aromatic heterocycles. The van der Waals surface area contributed by atoms with Gasteiger partial charge in [-0.2, -0.15) is 0 Å². The molecule has 180 valence electrons. The van der Waals surface area contributed by atoms with Crippen LogP contribution in [0.2, 0.25) is 9.36 Å². The van der Waals surface area contributed by atoms with Gasteiger partial charge in [-0.05, 0) is 48.5 Å². The summed E-state index contributed by atoms with van der Waals surface area (Å²) in [7, 11) is -2.38. The van der Waals surface area contributed by atoms with E-state index < -0.39 is 21.6 Å². The number of anilines is 2. The van der Waals surface area contributed by atoms with Gasteiger partial charge in [-0.25, -0.2) is 17.9 Å². The van der Waals surface area contributed by atoms with Gasteiger partial charge in [0.25, 0.3) is 15.6 Å². The summed E-state index contributed by atoms with van der Waals surface area (Å²) in [5, 5.41) is 6.25. The molecule has 4 aromatic rings. The highest BCUT2D eigenvalue weighted by Crippen LogP contribution is 2.27. The SMILES string of the molecule is CNc1ccc2c(=O)n(-c3ccc(NC(=O)NS(=O)(=O)c4ccc(Cl)s4)cc3Cl)cc(C=O)c2c1. The molecule has 0 fully saturated rings. The molecule has 0 saturated carbocycles. The first-order chi connectivity index (χ1) is 16.6. The van der Waals surface area contributed by atoms with E-state index in [0.717, 1.165) is 17.0 Å². The van der Waals surface area contributed by atoms with E-state index in [-0.39, 0.29) is 30.5 Å². The highest BCUT2D eigenvalue weighted by molar-refractivity contribution is 7.92. The molecule has 0 radical (unpaired) electrons. The summed E-state index contributed by atoms with van der Waals surface area (Å²) >= 11 is 12.9. The molecular formula is C22H16Cl2N4O5S2. The van der Waals surface area contributed by atoms with Gasteiger partial charge in [0.15, 0.2) is 6.29 Å². The van der Waals surface area contributed by atoms with Crippen LogP contribution < -0.4 is 20.9 Å². The van der Waals surface area contributed by atoms with Crippen molar-refractivity contribution in [1.82, 2.24) is 9.29 Å². The smallest absolute Gasteiger partial charge is 0.333 e. The molecule has 2 amide bonds. The van der Waals surface area contributed by atoms with Gasteiger partial charge in [0.2, 0.25) is 0 Å². The fraction of sp³-hybridized carbons (Fsp3) is 0.0455. The molecule has 0 atom stereocenters. The van der Waals surface area contributed by atoms with Gasteiger partial charge in [-0.3, -0.25) is 14.2 Å². The molecule has 0 bridgehead atoms. The van der Waals surface area contributed by atoms with E-state index in [0.29, 0.717) is 17.1 Å². The first kappa shape index (κ1) is 24.7. The van der Waals surface area contributed by atoms with Crippen LogP contribution in [0.15, 0.2) is 63.7 Å². The minimum atomic E-state index is -4.10. The maximum absolute atomic E-state index is 13.1. The number of thiophene rings is 1. The molecule has 3 N–H and O–H groups in total. The summed E-state index contributed by atoms with van der Waals surface area (Å²) in [6.45, 7) is 0. The lowest BCUT2D eigenvalue weighted by molar-refractivity contribution is 0.112. The van der Waals surface area contributed by atoms with Crippen LogP contribution in [0.4, 0.5) is 16.2 Å². The number of benzene rings is 2. The molecule has 2 heterocycles. The van der Waals surface area contributed by atoms with Crippen molar-refractivity contribution in [2.45, 2.75) is 4.21 Å². The Hall–Kier alpha value is -3.38. The van der Waals surface area contributed by atoms with E-state index in [9.17, 15) is 22.8 Å². The quantitative estimate of drug-likeness (QED) is 0.298. The summed E-state index contributed by atoms with van der Waals surface area (Å²) in [5.41, 5.74) is 1.08. The highest BCUT2D eigenvalue weighted by atomic mass is 35.5. The van der Waals surface area contributed by atoms with Crippen LogP contribution in [-0.4, -0.2) is 32.3 Å². The lowest BCUT2D eigenvalue weighted by Gasteiger charge is -2.13. The molecule has 4 rings (SSSR count). The van der Waals surface area contributed by atoms with Crippen LogP contribution in [0.5, 0.6) is 0 Å². The highest BCUT2D eigenvalue weighted by Gasteiger charge is 2.20. The fourth-order valence-corrected chi connectivity index (χ4v) is 6.01. The number of hydrogen-bond donors (Lipinski definition) is 3. The molecule has 0 spiro atoms. The Labute approximate surface area is 213 Å². The second kappa shape index (κ2) is 9.70. The summed E-state index contributed by atoms with van der Waals surface area (Å²) in [6, 6.07) is 11.0. The van der Waals surface area contributed by atoms with Crippen LogP contribution in [-0.2, 0) is 10.0 Å². The van der Waals surface area contributed by atoms with Crippen LogP contribution in [0.25, 0.3) is 16.5 Å². The maximum Gasteiger partial charge on any atom is 0.333 e. The van der Waals surface area contributed by atoms with Gasteiger partial charge < -0.3 is 10.6 Å². The van der Waals surface area contributed by atoms with Crippen LogP contribution in [0, 0.1) is 0 Å². The first-order valence-corrected chi connectivity index (χ1v) is 12.9. The summed E-state index contributed by atoms with van der Waals surface area (Å²) in [6.07, 6.45) is 2.03. The largest absolute Gasteiger partial charge is 0.388 e. The second-order valence-corrected chi connectivity index (χ2v) is 11.2.